The average Bonchev–Trinajstić information content (AvgIpc) is 2.47. The third-order valence-electron chi connectivity index (χ3n) is 3.70. The van der Waals surface area contributed by atoms with Crippen molar-refractivity contribution in [1.29, 1.82) is 0 Å². The number of piperidine rings is 1. The Morgan fingerprint density at radius 3 is 2.69 bits per heavy atom. The topological polar surface area (TPSA) is 12.0 Å². The lowest BCUT2D eigenvalue weighted by Gasteiger charge is -2.35. The van der Waals surface area contributed by atoms with Gasteiger partial charge in [0.05, 0.1) is 0 Å². The van der Waals surface area contributed by atoms with Gasteiger partial charge in [-0.3, -0.25) is 0 Å². The molecule has 0 saturated carbocycles. The van der Waals surface area contributed by atoms with Gasteiger partial charge in [0.1, 0.15) is 0 Å². The number of rotatable bonds is 1. The molecule has 0 aliphatic carbocycles. The Kier molecular flexibility index (Phi) is 2.89. The molecule has 0 aromatic carbocycles. The molecule has 0 radical (unpaired) electrons. The summed E-state index contributed by atoms with van der Waals surface area (Å²) in [6.07, 6.45) is 4.30. The molecule has 13 heavy (non-hydrogen) atoms. The van der Waals surface area contributed by atoms with Crippen molar-refractivity contribution in [2.75, 3.05) is 18.8 Å². The molecule has 2 atom stereocenters. The average molecular weight is 199 g/mol. The van der Waals surface area contributed by atoms with Gasteiger partial charge in [-0.05, 0) is 49.9 Å². The minimum atomic E-state index is 0.545. The second-order valence-electron chi connectivity index (χ2n) is 4.95. The van der Waals surface area contributed by atoms with Gasteiger partial charge in [0.25, 0.3) is 0 Å². The van der Waals surface area contributed by atoms with E-state index in [1.54, 1.807) is 0 Å². The van der Waals surface area contributed by atoms with E-state index < -0.39 is 0 Å². The third-order valence-corrected chi connectivity index (χ3v) is 5.19. The summed E-state index contributed by atoms with van der Waals surface area (Å²) in [7, 11) is 0. The molecule has 0 spiro atoms. The lowest BCUT2D eigenvalue weighted by atomic mass is 9.77. The van der Waals surface area contributed by atoms with Gasteiger partial charge >= 0.3 is 0 Å². The first-order chi connectivity index (χ1) is 6.20. The van der Waals surface area contributed by atoms with Gasteiger partial charge in [-0.1, -0.05) is 13.8 Å². The van der Waals surface area contributed by atoms with E-state index in [0.717, 1.165) is 11.8 Å². The van der Waals surface area contributed by atoms with Crippen LogP contribution >= 0.6 is 11.8 Å². The third kappa shape index (κ3) is 2.04. The van der Waals surface area contributed by atoms with E-state index in [4.69, 9.17) is 0 Å². The van der Waals surface area contributed by atoms with Crippen molar-refractivity contribution in [3.8, 4) is 0 Å². The van der Waals surface area contributed by atoms with Crippen LogP contribution in [0.4, 0.5) is 0 Å². The van der Waals surface area contributed by atoms with Crippen molar-refractivity contribution in [3.05, 3.63) is 0 Å². The highest BCUT2D eigenvalue weighted by Gasteiger charge is 2.40. The number of thioether (sulfide) groups is 1. The molecule has 2 aliphatic rings. The predicted octanol–water partition coefficient (Wildman–Crippen LogP) is 2.52. The molecular formula is C11H21NS. The second kappa shape index (κ2) is 3.82. The van der Waals surface area contributed by atoms with Crippen molar-refractivity contribution in [2.45, 2.75) is 37.9 Å². The lowest BCUT2D eigenvalue weighted by molar-refractivity contribution is 0.231. The van der Waals surface area contributed by atoms with E-state index in [2.05, 4.69) is 30.9 Å². The molecular weight excluding hydrogens is 178 g/mol. The van der Waals surface area contributed by atoms with E-state index in [-0.39, 0.29) is 0 Å². The van der Waals surface area contributed by atoms with Crippen LogP contribution in [0.2, 0.25) is 0 Å². The van der Waals surface area contributed by atoms with Crippen LogP contribution in [0, 0.1) is 11.8 Å². The van der Waals surface area contributed by atoms with Gasteiger partial charge < -0.3 is 5.32 Å². The summed E-state index contributed by atoms with van der Waals surface area (Å²) in [5.74, 6) is 3.30. The lowest BCUT2D eigenvalue weighted by Crippen LogP contribution is -2.39. The number of nitrogens with one attached hydrogen (secondary N) is 1. The van der Waals surface area contributed by atoms with Gasteiger partial charge in [0, 0.05) is 4.75 Å². The van der Waals surface area contributed by atoms with E-state index in [1.165, 1.54) is 38.1 Å². The second-order valence-corrected chi connectivity index (χ2v) is 6.70. The van der Waals surface area contributed by atoms with Crippen LogP contribution in [0.25, 0.3) is 0 Å². The van der Waals surface area contributed by atoms with Crippen molar-refractivity contribution < 1.29 is 0 Å². The van der Waals surface area contributed by atoms with Gasteiger partial charge in [-0.2, -0.15) is 11.8 Å². The first-order valence-electron chi connectivity index (χ1n) is 5.55. The van der Waals surface area contributed by atoms with Gasteiger partial charge in [0.15, 0.2) is 0 Å². The Morgan fingerprint density at radius 1 is 1.31 bits per heavy atom. The zero-order valence-corrected chi connectivity index (χ0v) is 9.62. The molecule has 2 saturated heterocycles. The van der Waals surface area contributed by atoms with E-state index in [0.29, 0.717) is 4.75 Å². The van der Waals surface area contributed by atoms with Crippen LogP contribution in [-0.2, 0) is 0 Å². The smallest absolute Gasteiger partial charge is 0.0135 e. The quantitative estimate of drug-likeness (QED) is 0.696. The normalized spacial score (nSPS) is 39.2. The molecule has 2 unspecified atom stereocenters. The molecule has 2 aliphatic heterocycles. The summed E-state index contributed by atoms with van der Waals surface area (Å²) in [6.45, 7) is 7.39. The maximum atomic E-state index is 3.54. The number of hydrogen-bond acceptors (Lipinski definition) is 2. The van der Waals surface area contributed by atoms with Gasteiger partial charge in [-0.15, -0.1) is 0 Å². The standard InChI is InChI=1S/C11H21NS/c1-11(2)10(5-7-13-11)9-4-3-6-12-8-9/h9-10,12H,3-8H2,1-2H3. The van der Waals surface area contributed by atoms with Crippen LogP contribution in [0.1, 0.15) is 33.1 Å². The predicted molar refractivity (Wildman–Crippen MR) is 60.2 cm³/mol. The molecule has 1 N–H and O–H groups in total. The van der Waals surface area contributed by atoms with E-state index in [9.17, 15) is 0 Å². The summed E-state index contributed by atoms with van der Waals surface area (Å²) in [4.78, 5) is 0. The fourth-order valence-electron chi connectivity index (χ4n) is 2.93. The van der Waals surface area contributed by atoms with Crippen molar-refractivity contribution >= 4 is 11.8 Å². The first-order valence-corrected chi connectivity index (χ1v) is 6.53. The fourth-order valence-corrected chi connectivity index (χ4v) is 4.35. The summed E-state index contributed by atoms with van der Waals surface area (Å²) in [5, 5.41) is 3.54. The van der Waals surface area contributed by atoms with Crippen LogP contribution in [0.15, 0.2) is 0 Å². The molecule has 0 aromatic rings. The SMILES string of the molecule is CC1(C)SCCC1C1CCCNC1. The molecule has 0 aromatic heterocycles. The zero-order valence-electron chi connectivity index (χ0n) is 8.81. The van der Waals surface area contributed by atoms with Crippen molar-refractivity contribution in [3.63, 3.8) is 0 Å². The molecule has 0 amide bonds. The summed E-state index contributed by atoms with van der Waals surface area (Å²) < 4.78 is 0.545. The minimum absolute atomic E-state index is 0.545. The Balaban J connectivity index is 1.98. The molecule has 76 valence electrons. The summed E-state index contributed by atoms with van der Waals surface area (Å²) in [5.41, 5.74) is 0. The van der Waals surface area contributed by atoms with Crippen LogP contribution in [-0.4, -0.2) is 23.6 Å². The zero-order chi connectivity index (χ0) is 9.31. The maximum absolute atomic E-state index is 3.54. The monoisotopic (exact) mass is 199 g/mol. The Morgan fingerprint density at radius 2 is 2.15 bits per heavy atom. The molecule has 2 rings (SSSR count). The first kappa shape index (κ1) is 9.85. The highest BCUT2D eigenvalue weighted by atomic mass is 32.2. The minimum Gasteiger partial charge on any atom is -0.316 e. The van der Waals surface area contributed by atoms with Crippen molar-refractivity contribution in [1.82, 2.24) is 5.32 Å². The summed E-state index contributed by atoms with van der Waals surface area (Å²) in [6, 6.07) is 0. The summed E-state index contributed by atoms with van der Waals surface area (Å²) >= 11 is 2.17. The Labute approximate surface area is 86.0 Å². The highest BCUT2D eigenvalue weighted by molar-refractivity contribution is 8.00. The molecule has 2 heteroatoms. The largest absolute Gasteiger partial charge is 0.316 e. The number of hydrogen-bond donors (Lipinski definition) is 1. The van der Waals surface area contributed by atoms with Crippen LogP contribution < -0.4 is 5.32 Å². The molecule has 2 heterocycles. The van der Waals surface area contributed by atoms with Gasteiger partial charge in [0.2, 0.25) is 0 Å². The fraction of sp³-hybridized carbons (Fsp3) is 1.00. The van der Waals surface area contributed by atoms with E-state index >= 15 is 0 Å². The van der Waals surface area contributed by atoms with E-state index in [1.807, 2.05) is 0 Å². The Hall–Kier alpha value is 0.310. The molecule has 2 fully saturated rings. The van der Waals surface area contributed by atoms with Gasteiger partial charge in [-0.25, -0.2) is 0 Å². The molecule has 1 nitrogen and oxygen atoms in total. The highest BCUT2D eigenvalue weighted by Crippen LogP contribution is 2.47. The Bertz CT molecular complexity index is 173. The van der Waals surface area contributed by atoms with Crippen LogP contribution in [0.5, 0.6) is 0 Å². The van der Waals surface area contributed by atoms with Crippen molar-refractivity contribution in [2.24, 2.45) is 11.8 Å². The molecule has 0 bridgehead atoms. The maximum Gasteiger partial charge on any atom is 0.0135 e. The van der Waals surface area contributed by atoms with Crippen LogP contribution in [0.3, 0.4) is 0 Å².